The van der Waals surface area contributed by atoms with E-state index < -0.39 is 34.6 Å². The van der Waals surface area contributed by atoms with Crippen molar-refractivity contribution in [1.29, 1.82) is 0 Å². The summed E-state index contributed by atoms with van der Waals surface area (Å²) in [6.45, 7) is 8.73. The molecule has 0 N–H and O–H groups in total. The highest BCUT2D eigenvalue weighted by Gasteiger charge is 2.35. The summed E-state index contributed by atoms with van der Waals surface area (Å²) in [5, 5.41) is -0.104. The van der Waals surface area contributed by atoms with Crippen molar-refractivity contribution >= 4 is 11.6 Å². The zero-order valence-electron chi connectivity index (χ0n) is 16.2. The van der Waals surface area contributed by atoms with Crippen LogP contribution in [-0.4, -0.2) is 15.2 Å². The van der Waals surface area contributed by atoms with E-state index in [0.717, 1.165) is 13.1 Å². The second-order valence-electron chi connectivity index (χ2n) is 6.84. The number of aromatic nitrogens is 2. The maximum Gasteiger partial charge on any atom is 0.431 e. The van der Waals surface area contributed by atoms with E-state index in [1.54, 1.807) is 20.8 Å². The molecule has 0 aliphatic rings. The Bertz CT molecular complexity index is 1080. The average molecular weight is 435 g/mol. The molecule has 0 bridgehead atoms. The molecule has 1 heterocycles. The normalized spacial score (nSPS) is 11.8. The van der Waals surface area contributed by atoms with E-state index in [4.69, 9.17) is 16.3 Å². The average Bonchev–Trinajstić information content (AvgIpc) is 2.55. The molecule has 0 fully saturated rings. The molecule has 158 valence electrons. The molecule has 1 aromatic carbocycles. The Morgan fingerprint density at radius 2 is 1.86 bits per heavy atom. The number of rotatable bonds is 5. The molecule has 0 aliphatic carbocycles. The monoisotopic (exact) mass is 434 g/mol. The van der Waals surface area contributed by atoms with Crippen LogP contribution in [0.1, 0.15) is 32.0 Å². The van der Waals surface area contributed by atoms with Crippen molar-refractivity contribution in [3.05, 3.63) is 67.2 Å². The highest BCUT2D eigenvalue weighted by atomic mass is 35.5. The van der Waals surface area contributed by atoms with E-state index in [1.165, 1.54) is 0 Å². The van der Waals surface area contributed by atoms with E-state index in [2.05, 4.69) is 6.58 Å². The fourth-order valence-electron chi connectivity index (χ4n) is 2.82. The third-order valence-electron chi connectivity index (χ3n) is 3.92. The van der Waals surface area contributed by atoms with Gasteiger partial charge in [0.15, 0.2) is 0 Å². The first-order valence-corrected chi connectivity index (χ1v) is 8.86. The number of ether oxygens (including phenoxy) is 1. The van der Waals surface area contributed by atoms with Crippen LogP contribution < -0.4 is 16.0 Å². The van der Waals surface area contributed by atoms with Crippen LogP contribution in [0.2, 0.25) is 5.02 Å². The molecule has 0 saturated heterocycles. The van der Waals surface area contributed by atoms with Gasteiger partial charge in [-0.25, -0.2) is 13.8 Å². The standard InChI is InChI=1S/C19H19ClF4N2O3/c1-9(2)6-11-16(13(21)7-12(20)17(11)29-10(3)4)26-15(27)8-14(19(22,23)24)25(5)18(26)28/h7-8,10H,1,6H2,2-5H3. The minimum atomic E-state index is -4.93. The zero-order chi connectivity index (χ0) is 22.3. The van der Waals surface area contributed by atoms with E-state index in [0.29, 0.717) is 10.1 Å². The number of hydrogen-bond acceptors (Lipinski definition) is 3. The smallest absolute Gasteiger partial charge is 0.431 e. The summed E-state index contributed by atoms with van der Waals surface area (Å²) in [5.41, 5.74) is -4.09. The van der Waals surface area contributed by atoms with Crippen LogP contribution in [0, 0.1) is 5.82 Å². The number of alkyl halides is 3. The highest BCUT2D eigenvalue weighted by molar-refractivity contribution is 6.32. The van der Waals surface area contributed by atoms with Crippen LogP contribution in [0.3, 0.4) is 0 Å². The van der Waals surface area contributed by atoms with Crippen LogP contribution >= 0.6 is 11.6 Å². The summed E-state index contributed by atoms with van der Waals surface area (Å²) >= 11 is 6.10. The van der Waals surface area contributed by atoms with Crippen molar-refractivity contribution in [3.8, 4) is 11.4 Å². The third kappa shape index (κ3) is 4.55. The van der Waals surface area contributed by atoms with Gasteiger partial charge in [0.2, 0.25) is 0 Å². The molecule has 0 amide bonds. The highest BCUT2D eigenvalue weighted by Crippen LogP contribution is 2.37. The van der Waals surface area contributed by atoms with Crippen LogP contribution in [0.15, 0.2) is 33.9 Å². The lowest BCUT2D eigenvalue weighted by atomic mass is 10.0. The number of hydrogen-bond donors (Lipinski definition) is 0. The minimum absolute atomic E-state index is 0.0223. The van der Waals surface area contributed by atoms with Crippen LogP contribution in [0.25, 0.3) is 5.69 Å². The molecule has 1 aromatic heterocycles. The van der Waals surface area contributed by atoms with Gasteiger partial charge in [-0.2, -0.15) is 13.2 Å². The van der Waals surface area contributed by atoms with Gasteiger partial charge in [-0.1, -0.05) is 23.8 Å². The van der Waals surface area contributed by atoms with Crippen LogP contribution in [-0.2, 0) is 19.6 Å². The molecule has 0 unspecified atom stereocenters. The zero-order valence-corrected chi connectivity index (χ0v) is 16.9. The summed E-state index contributed by atoms with van der Waals surface area (Å²) in [4.78, 5) is 25.1. The maximum absolute atomic E-state index is 14.9. The molecular formula is C19H19ClF4N2O3. The van der Waals surface area contributed by atoms with Gasteiger partial charge >= 0.3 is 11.9 Å². The Kier molecular flexibility index (Phi) is 6.32. The molecule has 10 heteroatoms. The summed E-state index contributed by atoms with van der Waals surface area (Å²) in [6, 6.07) is 1.09. The van der Waals surface area contributed by atoms with Crippen LogP contribution in [0.5, 0.6) is 5.75 Å². The quantitative estimate of drug-likeness (QED) is 0.522. The third-order valence-corrected chi connectivity index (χ3v) is 4.20. The molecule has 5 nitrogen and oxygen atoms in total. The number of nitrogens with zero attached hydrogens (tertiary/aromatic N) is 2. The summed E-state index contributed by atoms with van der Waals surface area (Å²) in [6.07, 6.45) is -5.34. The largest absolute Gasteiger partial charge is 0.489 e. The summed E-state index contributed by atoms with van der Waals surface area (Å²) < 4.78 is 60.4. The Morgan fingerprint density at radius 1 is 1.28 bits per heavy atom. The van der Waals surface area contributed by atoms with Gasteiger partial charge in [0.05, 0.1) is 16.8 Å². The molecule has 29 heavy (non-hydrogen) atoms. The van der Waals surface area contributed by atoms with Gasteiger partial charge in [0.1, 0.15) is 17.3 Å². The van der Waals surface area contributed by atoms with Gasteiger partial charge in [-0.05, 0) is 33.3 Å². The SMILES string of the molecule is C=C(C)Cc1c(OC(C)C)c(Cl)cc(F)c1-n1c(=O)cc(C(F)(F)F)n(C)c1=O. The molecular weight excluding hydrogens is 416 g/mol. The first kappa shape index (κ1) is 22.7. The Labute approximate surface area is 168 Å². The van der Waals surface area contributed by atoms with Gasteiger partial charge in [-0.3, -0.25) is 9.36 Å². The molecule has 0 atom stereocenters. The number of benzene rings is 1. The van der Waals surface area contributed by atoms with E-state index in [9.17, 15) is 27.2 Å². The lowest BCUT2D eigenvalue weighted by molar-refractivity contribution is -0.144. The maximum atomic E-state index is 14.9. The van der Waals surface area contributed by atoms with Gasteiger partial charge < -0.3 is 4.74 Å². The number of allylic oxidation sites excluding steroid dienone is 1. The van der Waals surface area contributed by atoms with Crippen molar-refractivity contribution in [1.82, 2.24) is 9.13 Å². The van der Waals surface area contributed by atoms with Gasteiger partial charge in [0.25, 0.3) is 5.56 Å². The predicted molar refractivity (Wildman–Crippen MR) is 102 cm³/mol. The Morgan fingerprint density at radius 3 is 2.34 bits per heavy atom. The summed E-state index contributed by atoms with van der Waals surface area (Å²) in [5.74, 6) is -1.03. The molecule has 0 saturated carbocycles. The van der Waals surface area contributed by atoms with Crippen LogP contribution in [0.4, 0.5) is 17.6 Å². The Balaban J connectivity index is 2.99. The number of halogens is 5. The van der Waals surface area contributed by atoms with Crippen molar-refractivity contribution < 1.29 is 22.3 Å². The van der Waals surface area contributed by atoms with Crippen molar-refractivity contribution in [3.63, 3.8) is 0 Å². The predicted octanol–water partition coefficient (Wildman–Crippen LogP) is 4.25. The van der Waals surface area contributed by atoms with Crippen molar-refractivity contribution in [2.24, 2.45) is 7.05 Å². The van der Waals surface area contributed by atoms with E-state index in [-0.39, 0.29) is 39.5 Å². The second kappa shape index (κ2) is 8.06. The molecule has 2 rings (SSSR count). The topological polar surface area (TPSA) is 53.2 Å². The molecule has 0 radical (unpaired) electrons. The fraction of sp³-hybridized carbons (Fsp3) is 0.368. The molecule has 0 aliphatic heterocycles. The Hall–Kier alpha value is -2.55. The van der Waals surface area contributed by atoms with Gasteiger partial charge in [-0.15, -0.1) is 0 Å². The lowest BCUT2D eigenvalue weighted by Crippen LogP contribution is -2.41. The second-order valence-corrected chi connectivity index (χ2v) is 7.25. The first-order chi connectivity index (χ1) is 13.3. The first-order valence-electron chi connectivity index (χ1n) is 8.48. The van der Waals surface area contributed by atoms with Crippen molar-refractivity contribution in [2.75, 3.05) is 0 Å². The van der Waals surface area contributed by atoms with E-state index in [1.807, 2.05) is 0 Å². The lowest BCUT2D eigenvalue weighted by Gasteiger charge is -2.21. The molecule has 2 aromatic rings. The van der Waals surface area contributed by atoms with E-state index >= 15 is 0 Å². The van der Waals surface area contributed by atoms with Crippen molar-refractivity contribution in [2.45, 2.75) is 39.5 Å². The molecule has 0 spiro atoms. The summed E-state index contributed by atoms with van der Waals surface area (Å²) in [7, 11) is 0.846. The minimum Gasteiger partial charge on any atom is -0.489 e. The van der Waals surface area contributed by atoms with Gasteiger partial charge in [0, 0.05) is 18.7 Å². The fourth-order valence-corrected chi connectivity index (χ4v) is 3.07.